The third-order valence-electron chi connectivity index (χ3n) is 3.24. The number of rotatable bonds is 2. The Kier molecular flexibility index (Phi) is 2.73. The zero-order chi connectivity index (χ0) is 12.4. The minimum absolute atomic E-state index is 0.0413. The third-order valence-corrected chi connectivity index (χ3v) is 3.24. The van der Waals surface area contributed by atoms with Crippen molar-refractivity contribution in [3.8, 4) is 0 Å². The Balaban J connectivity index is 2.13. The second-order valence-corrected chi connectivity index (χ2v) is 4.28. The highest BCUT2D eigenvalue weighted by Gasteiger charge is 2.21. The highest BCUT2D eigenvalue weighted by atomic mass is 16.5. The molecule has 1 unspecified atom stereocenters. The van der Waals surface area contributed by atoms with Crippen LogP contribution in [-0.2, 0) is 4.74 Å². The maximum Gasteiger partial charge on any atom is 0.149 e. The molecule has 1 heterocycles. The lowest BCUT2D eigenvalue weighted by Crippen LogP contribution is -2.09. The monoisotopic (exact) mass is 234 g/mol. The molecule has 0 bridgehead atoms. The lowest BCUT2D eigenvalue weighted by atomic mass is 9.92. The van der Waals surface area contributed by atoms with Crippen LogP contribution >= 0.6 is 0 Å². The molecule has 1 aliphatic rings. The zero-order valence-electron chi connectivity index (χ0n) is 10.0. The first-order chi connectivity index (χ1) is 8.90. The standard InChI is InChI=1S/C17H14O/c1-2-13-7-3-5-9-15(13)17-16-10-6-4-8-14(16)11-12-18-17/h2-12,17H,1H2. The number of ether oxygens (including phenoxy) is 1. The Labute approximate surface area is 107 Å². The van der Waals surface area contributed by atoms with Crippen molar-refractivity contribution >= 4 is 12.2 Å². The molecule has 2 aromatic rings. The van der Waals surface area contributed by atoms with Gasteiger partial charge >= 0.3 is 0 Å². The van der Waals surface area contributed by atoms with Gasteiger partial charge in [-0.25, -0.2) is 0 Å². The van der Waals surface area contributed by atoms with E-state index in [4.69, 9.17) is 4.74 Å². The molecule has 3 rings (SSSR count). The van der Waals surface area contributed by atoms with Crippen molar-refractivity contribution in [1.82, 2.24) is 0 Å². The molecule has 0 saturated heterocycles. The van der Waals surface area contributed by atoms with Gasteiger partial charge in [-0.3, -0.25) is 0 Å². The summed E-state index contributed by atoms with van der Waals surface area (Å²) in [5, 5.41) is 0. The van der Waals surface area contributed by atoms with Gasteiger partial charge in [0.1, 0.15) is 6.10 Å². The molecule has 2 aromatic carbocycles. The Morgan fingerprint density at radius 2 is 1.67 bits per heavy atom. The van der Waals surface area contributed by atoms with E-state index in [0.717, 1.165) is 11.1 Å². The van der Waals surface area contributed by atoms with E-state index in [9.17, 15) is 0 Å². The summed E-state index contributed by atoms with van der Waals surface area (Å²) in [7, 11) is 0. The largest absolute Gasteiger partial charge is 0.489 e. The minimum atomic E-state index is -0.0413. The Morgan fingerprint density at radius 1 is 0.944 bits per heavy atom. The summed E-state index contributed by atoms with van der Waals surface area (Å²) in [6.45, 7) is 3.87. The minimum Gasteiger partial charge on any atom is -0.489 e. The summed E-state index contributed by atoms with van der Waals surface area (Å²) in [5.74, 6) is 0. The highest BCUT2D eigenvalue weighted by Crippen LogP contribution is 2.34. The van der Waals surface area contributed by atoms with Crippen molar-refractivity contribution in [1.29, 1.82) is 0 Å². The molecular weight excluding hydrogens is 220 g/mol. The van der Waals surface area contributed by atoms with Gasteiger partial charge in [-0.1, -0.05) is 61.2 Å². The van der Waals surface area contributed by atoms with Crippen LogP contribution in [0.2, 0.25) is 0 Å². The second-order valence-electron chi connectivity index (χ2n) is 4.28. The third kappa shape index (κ3) is 1.74. The van der Waals surface area contributed by atoms with Crippen molar-refractivity contribution in [2.45, 2.75) is 6.10 Å². The maximum atomic E-state index is 5.80. The van der Waals surface area contributed by atoms with E-state index in [1.807, 2.05) is 36.4 Å². The van der Waals surface area contributed by atoms with E-state index >= 15 is 0 Å². The van der Waals surface area contributed by atoms with Gasteiger partial charge < -0.3 is 4.74 Å². The number of hydrogen-bond acceptors (Lipinski definition) is 1. The Bertz CT molecular complexity index is 611. The van der Waals surface area contributed by atoms with E-state index < -0.39 is 0 Å². The average molecular weight is 234 g/mol. The zero-order valence-corrected chi connectivity index (χ0v) is 10.0. The molecule has 0 fully saturated rings. The first-order valence-electron chi connectivity index (χ1n) is 6.02. The van der Waals surface area contributed by atoms with E-state index in [-0.39, 0.29) is 6.10 Å². The summed E-state index contributed by atoms with van der Waals surface area (Å²) >= 11 is 0. The first-order valence-corrected chi connectivity index (χ1v) is 6.02. The molecule has 88 valence electrons. The van der Waals surface area contributed by atoms with E-state index in [2.05, 4.69) is 30.8 Å². The molecule has 0 aromatic heterocycles. The molecule has 1 atom stereocenters. The van der Waals surface area contributed by atoms with Crippen LogP contribution in [-0.4, -0.2) is 0 Å². The summed E-state index contributed by atoms with van der Waals surface area (Å²) in [4.78, 5) is 0. The smallest absolute Gasteiger partial charge is 0.149 e. The molecule has 0 saturated carbocycles. The van der Waals surface area contributed by atoms with Crippen LogP contribution in [0.15, 0.2) is 61.4 Å². The molecule has 1 aliphatic heterocycles. The van der Waals surface area contributed by atoms with Gasteiger partial charge in [-0.2, -0.15) is 0 Å². The summed E-state index contributed by atoms with van der Waals surface area (Å²) in [6, 6.07) is 16.5. The average Bonchev–Trinajstić information content (AvgIpc) is 2.46. The van der Waals surface area contributed by atoms with Gasteiger partial charge in [0.15, 0.2) is 0 Å². The summed E-state index contributed by atoms with van der Waals surface area (Å²) in [5.41, 5.74) is 4.69. The van der Waals surface area contributed by atoms with Gasteiger partial charge in [0.2, 0.25) is 0 Å². The topological polar surface area (TPSA) is 9.23 Å². The molecule has 0 spiro atoms. The number of fused-ring (bicyclic) bond motifs is 1. The molecule has 0 amide bonds. The predicted octanol–water partition coefficient (Wildman–Crippen LogP) is 4.42. The lowest BCUT2D eigenvalue weighted by molar-refractivity contribution is 0.180. The Morgan fingerprint density at radius 3 is 2.50 bits per heavy atom. The predicted molar refractivity (Wildman–Crippen MR) is 74.9 cm³/mol. The molecule has 0 aliphatic carbocycles. The molecule has 18 heavy (non-hydrogen) atoms. The SMILES string of the molecule is C=Cc1ccccc1C1OC=Cc2ccccc21. The fourth-order valence-corrected chi connectivity index (χ4v) is 2.34. The van der Waals surface area contributed by atoms with Crippen LogP contribution in [0, 0.1) is 0 Å². The molecular formula is C17H14O. The fraction of sp³-hybridized carbons (Fsp3) is 0.0588. The van der Waals surface area contributed by atoms with Crippen molar-refractivity contribution in [3.63, 3.8) is 0 Å². The first kappa shape index (κ1) is 10.8. The Hall–Kier alpha value is -2.28. The molecule has 1 nitrogen and oxygen atoms in total. The molecule has 0 radical (unpaired) electrons. The van der Waals surface area contributed by atoms with Gasteiger partial charge in [-0.15, -0.1) is 0 Å². The van der Waals surface area contributed by atoms with Crippen LogP contribution in [0.4, 0.5) is 0 Å². The van der Waals surface area contributed by atoms with Crippen molar-refractivity contribution in [2.24, 2.45) is 0 Å². The highest BCUT2D eigenvalue weighted by molar-refractivity contribution is 5.60. The van der Waals surface area contributed by atoms with Crippen molar-refractivity contribution in [2.75, 3.05) is 0 Å². The van der Waals surface area contributed by atoms with Crippen molar-refractivity contribution in [3.05, 3.63) is 83.6 Å². The normalized spacial score (nSPS) is 16.8. The van der Waals surface area contributed by atoms with Gasteiger partial charge in [0.05, 0.1) is 6.26 Å². The number of hydrogen-bond donors (Lipinski definition) is 0. The quantitative estimate of drug-likeness (QED) is 0.747. The van der Waals surface area contributed by atoms with Crippen molar-refractivity contribution < 1.29 is 4.74 Å². The second kappa shape index (κ2) is 4.53. The van der Waals surface area contributed by atoms with Gasteiger partial charge in [0.25, 0.3) is 0 Å². The van der Waals surface area contributed by atoms with Gasteiger partial charge in [0, 0.05) is 11.1 Å². The van der Waals surface area contributed by atoms with Crippen LogP contribution in [0.5, 0.6) is 0 Å². The summed E-state index contributed by atoms with van der Waals surface area (Å²) in [6.07, 6.45) is 5.61. The summed E-state index contributed by atoms with van der Waals surface area (Å²) < 4.78 is 5.80. The van der Waals surface area contributed by atoms with Gasteiger partial charge in [-0.05, 0) is 17.2 Å². The number of benzene rings is 2. The van der Waals surface area contributed by atoms with Crippen LogP contribution in [0.3, 0.4) is 0 Å². The van der Waals surface area contributed by atoms with E-state index in [0.29, 0.717) is 0 Å². The van der Waals surface area contributed by atoms with E-state index in [1.165, 1.54) is 11.1 Å². The molecule has 0 N–H and O–H groups in total. The lowest BCUT2D eigenvalue weighted by Gasteiger charge is -2.24. The van der Waals surface area contributed by atoms with Crippen LogP contribution in [0.25, 0.3) is 12.2 Å². The molecule has 1 heteroatoms. The van der Waals surface area contributed by atoms with Crippen LogP contribution < -0.4 is 0 Å². The fourth-order valence-electron chi connectivity index (χ4n) is 2.34. The van der Waals surface area contributed by atoms with E-state index in [1.54, 1.807) is 6.26 Å². The van der Waals surface area contributed by atoms with Crippen LogP contribution in [0.1, 0.15) is 28.4 Å². The maximum absolute atomic E-state index is 5.80.